The third-order valence-electron chi connectivity index (χ3n) is 5.07. The van der Waals surface area contributed by atoms with E-state index in [1.54, 1.807) is 30.7 Å². The van der Waals surface area contributed by atoms with Gasteiger partial charge in [-0.1, -0.05) is 42.5 Å². The average molecular weight is 395 g/mol. The van der Waals surface area contributed by atoms with E-state index >= 15 is 0 Å². The van der Waals surface area contributed by atoms with Crippen molar-refractivity contribution in [2.24, 2.45) is 7.05 Å². The Morgan fingerprint density at radius 2 is 1.57 bits per heavy atom. The Hall–Kier alpha value is -3.99. The zero-order valence-corrected chi connectivity index (χ0v) is 16.3. The van der Waals surface area contributed by atoms with E-state index in [9.17, 15) is 4.39 Å². The Labute approximate surface area is 173 Å². The Morgan fingerprint density at radius 1 is 0.833 bits per heavy atom. The molecule has 0 radical (unpaired) electrons. The molecule has 0 aliphatic heterocycles. The van der Waals surface area contributed by atoms with E-state index in [4.69, 9.17) is 4.42 Å². The van der Waals surface area contributed by atoms with Crippen molar-refractivity contribution in [3.63, 3.8) is 0 Å². The Morgan fingerprint density at radius 3 is 2.30 bits per heavy atom. The van der Waals surface area contributed by atoms with Gasteiger partial charge >= 0.3 is 0 Å². The van der Waals surface area contributed by atoms with Crippen LogP contribution in [0.1, 0.15) is 0 Å². The number of aromatic nitrogens is 3. The highest BCUT2D eigenvalue weighted by Crippen LogP contribution is 2.41. The van der Waals surface area contributed by atoms with E-state index < -0.39 is 0 Å². The molecular formula is C25H18FN3O. The average Bonchev–Trinajstić information content (AvgIpc) is 3.40. The van der Waals surface area contributed by atoms with Gasteiger partial charge in [-0.2, -0.15) is 0 Å². The van der Waals surface area contributed by atoms with Crippen LogP contribution in [0.2, 0.25) is 0 Å². The molecule has 5 heteroatoms. The fourth-order valence-electron chi connectivity index (χ4n) is 3.66. The molecular weight excluding hydrogens is 377 g/mol. The number of hydrogen-bond acceptors (Lipinski definition) is 3. The highest BCUT2D eigenvalue weighted by Gasteiger charge is 2.22. The molecule has 0 saturated carbocycles. The largest absolute Gasteiger partial charge is 0.435 e. The topological polar surface area (TPSA) is 43.9 Å². The van der Waals surface area contributed by atoms with E-state index in [1.807, 2.05) is 60.3 Å². The number of halogens is 1. The second kappa shape index (κ2) is 7.44. The Bertz CT molecular complexity index is 1290. The molecule has 0 amide bonds. The first kappa shape index (κ1) is 18.1. The fourth-order valence-corrected chi connectivity index (χ4v) is 3.66. The Kier molecular flexibility index (Phi) is 4.48. The minimum atomic E-state index is -0.274. The Balaban J connectivity index is 1.72. The van der Waals surface area contributed by atoms with Crippen LogP contribution in [-0.2, 0) is 7.05 Å². The van der Waals surface area contributed by atoms with Crippen LogP contribution in [0.25, 0.3) is 45.2 Å². The molecule has 0 bridgehead atoms. The van der Waals surface area contributed by atoms with Crippen LogP contribution >= 0.6 is 0 Å². The molecule has 0 aliphatic rings. The second-order valence-electron chi connectivity index (χ2n) is 7.02. The summed E-state index contributed by atoms with van der Waals surface area (Å²) in [7, 11) is 1.96. The molecule has 3 heterocycles. The van der Waals surface area contributed by atoms with Crippen LogP contribution in [0.3, 0.4) is 0 Å². The van der Waals surface area contributed by atoms with Crippen LogP contribution in [0.5, 0.6) is 0 Å². The minimum absolute atomic E-state index is 0.274. The molecule has 0 unspecified atom stereocenters. The van der Waals surface area contributed by atoms with Crippen molar-refractivity contribution in [2.75, 3.05) is 0 Å². The zero-order chi connectivity index (χ0) is 20.5. The van der Waals surface area contributed by atoms with E-state index in [0.29, 0.717) is 11.7 Å². The van der Waals surface area contributed by atoms with Gasteiger partial charge in [-0.15, -0.1) is 0 Å². The lowest BCUT2D eigenvalue weighted by Crippen LogP contribution is -1.92. The van der Waals surface area contributed by atoms with E-state index in [2.05, 4.69) is 9.97 Å². The van der Waals surface area contributed by atoms with Crippen LogP contribution in [0.15, 0.2) is 95.9 Å². The normalized spacial score (nSPS) is 11.0. The number of rotatable bonds is 4. The maximum Gasteiger partial charge on any atom is 0.244 e. The summed E-state index contributed by atoms with van der Waals surface area (Å²) in [5.74, 6) is 0.933. The standard InChI is InChI=1S/C25H18FN3O/c1-29-16-21(17-11-13-27-14-12-17)23(19-7-9-20(26)10-8-19)24(29)25-28-15-22(30-25)18-5-3-2-4-6-18/h2-16H,1H3. The van der Waals surface area contributed by atoms with E-state index in [-0.39, 0.29) is 5.82 Å². The van der Waals surface area contributed by atoms with E-state index in [0.717, 1.165) is 33.5 Å². The van der Waals surface area contributed by atoms with Gasteiger partial charge in [0.2, 0.25) is 5.89 Å². The van der Waals surface area contributed by atoms with Crippen molar-refractivity contribution in [3.8, 4) is 45.2 Å². The molecule has 0 spiro atoms. The molecule has 5 aromatic rings. The summed E-state index contributed by atoms with van der Waals surface area (Å²) >= 11 is 0. The quantitative estimate of drug-likeness (QED) is 0.363. The highest BCUT2D eigenvalue weighted by molar-refractivity contribution is 5.92. The summed E-state index contributed by atoms with van der Waals surface area (Å²) in [6.07, 6.45) is 7.29. The van der Waals surface area contributed by atoms with Gasteiger partial charge in [0.1, 0.15) is 11.5 Å². The van der Waals surface area contributed by atoms with Gasteiger partial charge in [-0.3, -0.25) is 4.98 Å². The van der Waals surface area contributed by atoms with Crippen LogP contribution in [-0.4, -0.2) is 14.5 Å². The third kappa shape index (κ3) is 3.20. The van der Waals surface area contributed by atoms with Gasteiger partial charge in [0.25, 0.3) is 0 Å². The lowest BCUT2D eigenvalue weighted by atomic mass is 9.97. The maximum atomic E-state index is 13.6. The second-order valence-corrected chi connectivity index (χ2v) is 7.02. The first-order chi connectivity index (χ1) is 14.7. The summed E-state index contributed by atoms with van der Waals surface area (Å²) in [4.78, 5) is 8.68. The molecule has 0 N–H and O–H groups in total. The van der Waals surface area contributed by atoms with Crippen LogP contribution < -0.4 is 0 Å². The predicted molar refractivity (Wildman–Crippen MR) is 115 cm³/mol. The van der Waals surface area contributed by atoms with Crippen molar-refractivity contribution in [1.82, 2.24) is 14.5 Å². The highest BCUT2D eigenvalue weighted by atomic mass is 19.1. The van der Waals surface area contributed by atoms with Gasteiger partial charge < -0.3 is 8.98 Å². The summed E-state index contributed by atoms with van der Waals surface area (Å²) in [6, 6.07) is 20.3. The van der Waals surface area contributed by atoms with Crippen molar-refractivity contribution in [1.29, 1.82) is 0 Å². The first-order valence-electron chi connectivity index (χ1n) is 9.58. The lowest BCUT2D eigenvalue weighted by molar-refractivity contribution is 0.582. The number of aryl methyl sites for hydroxylation is 1. The van der Waals surface area contributed by atoms with Crippen molar-refractivity contribution < 1.29 is 8.81 Å². The number of nitrogens with zero attached hydrogens (tertiary/aromatic N) is 3. The van der Waals surface area contributed by atoms with Gasteiger partial charge in [0, 0.05) is 42.3 Å². The molecule has 0 aliphatic carbocycles. The summed E-state index contributed by atoms with van der Waals surface area (Å²) in [5.41, 5.74) is 5.63. The lowest BCUT2D eigenvalue weighted by Gasteiger charge is -2.08. The molecule has 4 nitrogen and oxygen atoms in total. The van der Waals surface area contributed by atoms with Crippen molar-refractivity contribution >= 4 is 0 Å². The van der Waals surface area contributed by atoms with Gasteiger partial charge in [-0.05, 0) is 35.4 Å². The molecule has 0 fully saturated rings. The molecule has 2 aromatic carbocycles. The molecule has 0 atom stereocenters. The number of benzene rings is 2. The smallest absolute Gasteiger partial charge is 0.244 e. The summed E-state index contributed by atoms with van der Waals surface area (Å²) in [5, 5.41) is 0. The summed E-state index contributed by atoms with van der Waals surface area (Å²) < 4.78 is 21.7. The molecule has 3 aromatic heterocycles. The molecule has 5 rings (SSSR count). The monoisotopic (exact) mass is 395 g/mol. The zero-order valence-electron chi connectivity index (χ0n) is 16.3. The summed E-state index contributed by atoms with van der Waals surface area (Å²) in [6.45, 7) is 0. The van der Waals surface area contributed by atoms with E-state index in [1.165, 1.54) is 12.1 Å². The maximum absolute atomic E-state index is 13.6. The minimum Gasteiger partial charge on any atom is -0.435 e. The SMILES string of the molecule is Cn1cc(-c2ccncc2)c(-c2ccc(F)cc2)c1-c1ncc(-c2ccccc2)o1. The van der Waals surface area contributed by atoms with Gasteiger partial charge in [-0.25, -0.2) is 9.37 Å². The first-order valence-corrected chi connectivity index (χ1v) is 9.58. The van der Waals surface area contributed by atoms with Crippen molar-refractivity contribution in [3.05, 3.63) is 97.3 Å². The predicted octanol–water partition coefficient (Wildman–Crippen LogP) is 6.22. The number of hydrogen-bond donors (Lipinski definition) is 0. The van der Waals surface area contributed by atoms with Crippen LogP contribution in [0.4, 0.5) is 4.39 Å². The molecule has 146 valence electrons. The molecule has 30 heavy (non-hydrogen) atoms. The van der Waals surface area contributed by atoms with Gasteiger partial charge in [0.05, 0.1) is 6.20 Å². The third-order valence-corrected chi connectivity index (χ3v) is 5.07. The fraction of sp³-hybridized carbons (Fsp3) is 0.0400. The van der Waals surface area contributed by atoms with Crippen LogP contribution in [0, 0.1) is 5.82 Å². The van der Waals surface area contributed by atoms with Gasteiger partial charge in [0.15, 0.2) is 5.76 Å². The number of oxazole rings is 1. The van der Waals surface area contributed by atoms with Crippen molar-refractivity contribution in [2.45, 2.75) is 0 Å². The number of pyridine rings is 1. The molecule has 0 saturated heterocycles.